The smallest absolute Gasteiger partial charge is 0.167 e. The average Bonchev–Trinajstić information content (AvgIpc) is 3.05. The number of hydrogen-bond donors (Lipinski definition) is 4. The van der Waals surface area contributed by atoms with E-state index >= 15 is 0 Å². The number of hydrogen-bond acceptors (Lipinski definition) is 9. The summed E-state index contributed by atoms with van der Waals surface area (Å²) in [4.78, 5) is 12.1. The number of aliphatic hydroxyl groups excluding tert-OH is 2. The van der Waals surface area contributed by atoms with Crippen LogP contribution in [-0.2, 0) is 4.74 Å². The van der Waals surface area contributed by atoms with Crippen molar-refractivity contribution in [3.05, 3.63) is 12.7 Å². The molecule has 1 aliphatic heterocycles. The van der Waals surface area contributed by atoms with Crippen LogP contribution in [0, 0.1) is 0 Å². The first-order valence-corrected chi connectivity index (χ1v) is 8.01. The van der Waals surface area contributed by atoms with E-state index in [0.29, 0.717) is 23.5 Å². The molecule has 0 saturated carbocycles. The summed E-state index contributed by atoms with van der Waals surface area (Å²) in [6.45, 7) is 0.557. The number of nitrogen functional groups attached to an aromatic ring is 1. The van der Waals surface area contributed by atoms with Crippen LogP contribution in [0.4, 0.5) is 5.82 Å². The lowest BCUT2D eigenvalue weighted by Crippen LogP contribution is -2.32. The van der Waals surface area contributed by atoms with Gasteiger partial charge >= 0.3 is 0 Å². The van der Waals surface area contributed by atoms with Crippen LogP contribution in [0.5, 0.6) is 0 Å². The summed E-state index contributed by atoms with van der Waals surface area (Å²) in [5.74, 6) is 1.58. The van der Waals surface area contributed by atoms with Crippen LogP contribution in [-0.4, -0.2) is 66.1 Å². The van der Waals surface area contributed by atoms with Gasteiger partial charge in [-0.25, -0.2) is 15.0 Å². The first kappa shape index (κ1) is 15.4. The quantitative estimate of drug-likeness (QED) is 0.493. The highest BCUT2D eigenvalue weighted by Crippen LogP contribution is 2.33. The predicted molar refractivity (Wildman–Crippen MR) is 82.0 cm³/mol. The number of aromatic nitrogens is 4. The number of thioether (sulfide) groups is 1. The number of ether oxygens (including phenoxy) is 1. The van der Waals surface area contributed by atoms with E-state index in [1.54, 1.807) is 16.3 Å². The van der Waals surface area contributed by atoms with Gasteiger partial charge in [0.15, 0.2) is 17.7 Å². The van der Waals surface area contributed by atoms with E-state index in [2.05, 4.69) is 15.0 Å². The van der Waals surface area contributed by atoms with Gasteiger partial charge in [-0.3, -0.25) is 4.57 Å². The molecule has 2 aromatic heterocycles. The lowest BCUT2D eigenvalue weighted by atomic mass is 10.1. The van der Waals surface area contributed by atoms with Crippen molar-refractivity contribution >= 4 is 28.7 Å². The molecule has 0 spiro atoms. The first-order valence-electron chi connectivity index (χ1n) is 6.86. The molecule has 0 radical (unpaired) electrons. The van der Waals surface area contributed by atoms with Crippen molar-refractivity contribution in [2.45, 2.75) is 24.5 Å². The van der Waals surface area contributed by atoms with Gasteiger partial charge in [-0.1, -0.05) is 0 Å². The van der Waals surface area contributed by atoms with E-state index < -0.39 is 24.5 Å². The molecule has 0 bridgehead atoms. The van der Waals surface area contributed by atoms with Gasteiger partial charge in [0.1, 0.15) is 24.1 Å². The van der Waals surface area contributed by atoms with E-state index in [4.69, 9.17) is 16.2 Å². The number of imidazole rings is 1. The minimum atomic E-state index is -1.07. The number of anilines is 1. The standard InChI is InChI=1S/C12H18N6O3S/c13-1-2-22-3-6-8(19)9(20)12(21-6)18-5-17-7-10(14)15-4-16-11(7)18/h4-6,8-9,12,19-20H,1-3,13H2,(H2,14,15,16)/t6-,8-,9-,12-/m0/s1. The minimum Gasteiger partial charge on any atom is -0.387 e. The van der Waals surface area contributed by atoms with Crippen LogP contribution in [0.25, 0.3) is 11.2 Å². The molecule has 3 rings (SSSR count). The second-order valence-corrected chi connectivity index (χ2v) is 6.14. The fraction of sp³-hybridized carbons (Fsp3) is 0.583. The molecule has 0 aromatic carbocycles. The van der Waals surface area contributed by atoms with Crippen LogP contribution in [0.15, 0.2) is 12.7 Å². The molecule has 120 valence electrons. The molecule has 2 aromatic rings. The van der Waals surface area contributed by atoms with Gasteiger partial charge in [0.2, 0.25) is 0 Å². The molecule has 10 heteroatoms. The van der Waals surface area contributed by atoms with Gasteiger partial charge in [0, 0.05) is 18.1 Å². The van der Waals surface area contributed by atoms with Crippen LogP contribution in [0.1, 0.15) is 6.23 Å². The normalized spacial score (nSPS) is 28.5. The summed E-state index contributed by atoms with van der Waals surface area (Å²) in [6, 6.07) is 0. The average molecular weight is 326 g/mol. The highest BCUT2D eigenvalue weighted by molar-refractivity contribution is 7.99. The van der Waals surface area contributed by atoms with Gasteiger partial charge < -0.3 is 26.4 Å². The summed E-state index contributed by atoms with van der Waals surface area (Å²) in [6.07, 6.45) is -0.497. The van der Waals surface area contributed by atoms with E-state index in [-0.39, 0.29) is 5.82 Å². The molecular weight excluding hydrogens is 308 g/mol. The largest absolute Gasteiger partial charge is 0.387 e. The van der Waals surface area contributed by atoms with Crippen molar-refractivity contribution in [2.24, 2.45) is 5.73 Å². The van der Waals surface area contributed by atoms with E-state index in [1.807, 2.05) is 0 Å². The Morgan fingerprint density at radius 1 is 1.27 bits per heavy atom. The zero-order chi connectivity index (χ0) is 15.7. The van der Waals surface area contributed by atoms with Crippen molar-refractivity contribution in [1.82, 2.24) is 19.5 Å². The van der Waals surface area contributed by atoms with E-state index in [9.17, 15) is 10.2 Å². The van der Waals surface area contributed by atoms with Crippen molar-refractivity contribution in [2.75, 3.05) is 23.8 Å². The highest BCUT2D eigenvalue weighted by Gasteiger charge is 2.44. The lowest BCUT2D eigenvalue weighted by molar-refractivity contribution is -0.0289. The summed E-state index contributed by atoms with van der Waals surface area (Å²) >= 11 is 1.57. The Morgan fingerprint density at radius 3 is 2.86 bits per heavy atom. The summed E-state index contributed by atoms with van der Waals surface area (Å²) < 4.78 is 7.35. The zero-order valence-electron chi connectivity index (χ0n) is 11.7. The van der Waals surface area contributed by atoms with E-state index in [1.165, 1.54) is 12.7 Å². The van der Waals surface area contributed by atoms with Crippen molar-refractivity contribution < 1.29 is 14.9 Å². The Labute approximate surface area is 130 Å². The lowest BCUT2D eigenvalue weighted by Gasteiger charge is -2.16. The molecule has 1 saturated heterocycles. The Kier molecular flexibility index (Phi) is 4.45. The van der Waals surface area contributed by atoms with E-state index in [0.717, 1.165) is 5.75 Å². The molecule has 1 fully saturated rings. The third kappa shape index (κ3) is 2.63. The summed E-state index contributed by atoms with van der Waals surface area (Å²) in [5, 5.41) is 20.4. The van der Waals surface area contributed by atoms with Crippen molar-refractivity contribution in [3.8, 4) is 0 Å². The summed E-state index contributed by atoms with van der Waals surface area (Å²) in [5.41, 5.74) is 12.1. The zero-order valence-corrected chi connectivity index (χ0v) is 12.6. The fourth-order valence-electron chi connectivity index (χ4n) is 2.44. The van der Waals surface area contributed by atoms with Crippen LogP contribution >= 0.6 is 11.8 Å². The fourth-order valence-corrected chi connectivity index (χ4v) is 3.28. The molecule has 6 N–H and O–H groups in total. The van der Waals surface area contributed by atoms with Crippen molar-refractivity contribution in [3.63, 3.8) is 0 Å². The Morgan fingerprint density at radius 2 is 2.09 bits per heavy atom. The van der Waals surface area contributed by atoms with Crippen LogP contribution in [0.2, 0.25) is 0 Å². The third-order valence-electron chi connectivity index (χ3n) is 3.54. The van der Waals surface area contributed by atoms with Gasteiger partial charge in [-0.05, 0) is 0 Å². The Hall–Kier alpha value is -1.46. The number of fused-ring (bicyclic) bond motifs is 1. The van der Waals surface area contributed by atoms with Gasteiger partial charge in [0.25, 0.3) is 0 Å². The molecule has 9 nitrogen and oxygen atoms in total. The third-order valence-corrected chi connectivity index (χ3v) is 4.63. The number of nitrogens with two attached hydrogens (primary N) is 2. The maximum Gasteiger partial charge on any atom is 0.167 e. The molecule has 3 heterocycles. The monoisotopic (exact) mass is 326 g/mol. The maximum atomic E-state index is 10.3. The Bertz CT molecular complexity index is 653. The van der Waals surface area contributed by atoms with Crippen LogP contribution < -0.4 is 11.5 Å². The summed E-state index contributed by atoms with van der Waals surface area (Å²) in [7, 11) is 0. The molecule has 0 unspecified atom stereocenters. The van der Waals surface area contributed by atoms with Crippen molar-refractivity contribution in [1.29, 1.82) is 0 Å². The second-order valence-electron chi connectivity index (χ2n) is 4.99. The molecule has 0 aliphatic carbocycles. The second kappa shape index (κ2) is 6.34. The van der Waals surface area contributed by atoms with Crippen LogP contribution in [0.3, 0.4) is 0 Å². The van der Waals surface area contributed by atoms with Gasteiger partial charge in [-0.15, -0.1) is 0 Å². The Balaban J connectivity index is 1.83. The van der Waals surface area contributed by atoms with Gasteiger partial charge in [0.05, 0.1) is 12.4 Å². The number of aliphatic hydroxyl groups is 2. The minimum absolute atomic E-state index is 0.256. The molecule has 0 amide bonds. The molecule has 22 heavy (non-hydrogen) atoms. The molecule has 1 aliphatic rings. The molecular formula is C12H18N6O3S. The molecule has 4 atom stereocenters. The SMILES string of the molecule is NCCSC[C@@H]1O[C@H](n2cnc3c(N)ncnc32)[C@@H](O)[C@H]1O. The maximum absolute atomic E-state index is 10.3. The highest BCUT2D eigenvalue weighted by atomic mass is 32.2. The topological polar surface area (TPSA) is 145 Å². The number of nitrogens with zero attached hydrogens (tertiary/aromatic N) is 4. The first-order chi connectivity index (χ1) is 10.6. The number of rotatable bonds is 5. The predicted octanol–water partition coefficient (Wildman–Crippen LogP) is -1.28. The van der Waals surface area contributed by atoms with Gasteiger partial charge in [-0.2, -0.15) is 11.8 Å².